The predicted molar refractivity (Wildman–Crippen MR) is 71.7 cm³/mol. The highest BCUT2D eigenvalue weighted by Gasteiger charge is 2.25. The molecule has 0 spiro atoms. The highest BCUT2D eigenvalue weighted by molar-refractivity contribution is 5.68. The molecule has 6 nitrogen and oxygen atoms in total. The third-order valence-electron chi connectivity index (χ3n) is 3.15. The summed E-state index contributed by atoms with van der Waals surface area (Å²) in [6.45, 7) is 7.35. The number of H-pyrrole nitrogens is 1. The van der Waals surface area contributed by atoms with Crippen LogP contribution in [0.4, 0.5) is 4.79 Å². The second-order valence-corrected chi connectivity index (χ2v) is 5.80. The molecular weight excluding hydrogens is 244 g/mol. The Labute approximate surface area is 113 Å². The molecular formula is C13H22N4O2. The van der Waals surface area contributed by atoms with Gasteiger partial charge in [0.05, 0.1) is 5.69 Å². The summed E-state index contributed by atoms with van der Waals surface area (Å²) in [5.74, 6) is 0. The molecule has 3 N–H and O–H groups in total. The van der Waals surface area contributed by atoms with Gasteiger partial charge < -0.3 is 15.4 Å². The van der Waals surface area contributed by atoms with Crippen molar-refractivity contribution in [2.24, 2.45) is 5.73 Å². The lowest BCUT2D eigenvalue weighted by Crippen LogP contribution is -2.38. The van der Waals surface area contributed by atoms with Gasteiger partial charge in [-0.3, -0.25) is 5.10 Å². The number of nitrogens with two attached hydrogens (primary N) is 1. The number of fused-ring (bicyclic) bond motifs is 1. The zero-order chi connectivity index (χ0) is 14.0. The third-order valence-corrected chi connectivity index (χ3v) is 3.15. The van der Waals surface area contributed by atoms with Crippen molar-refractivity contribution in [2.75, 3.05) is 13.1 Å². The average molecular weight is 266 g/mol. The van der Waals surface area contributed by atoms with Gasteiger partial charge in [0.2, 0.25) is 0 Å². The van der Waals surface area contributed by atoms with Crippen LogP contribution in [0.25, 0.3) is 0 Å². The Morgan fingerprint density at radius 2 is 2.11 bits per heavy atom. The highest BCUT2D eigenvalue weighted by Crippen LogP contribution is 2.18. The molecule has 1 aliphatic heterocycles. The van der Waals surface area contributed by atoms with Crippen LogP contribution >= 0.6 is 0 Å². The van der Waals surface area contributed by atoms with Crippen molar-refractivity contribution in [2.45, 2.75) is 45.8 Å². The molecule has 0 bridgehead atoms. The van der Waals surface area contributed by atoms with E-state index in [1.807, 2.05) is 20.8 Å². The molecule has 0 aromatic carbocycles. The van der Waals surface area contributed by atoms with Crippen molar-refractivity contribution < 1.29 is 9.53 Å². The van der Waals surface area contributed by atoms with Gasteiger partial charge >= 0.3 is 6.09 Å². The van der Waals surface area contributed by atoms with Crippen LogP contribution in [0.5, 0.6) is 0 Å². The van der Waals surface area contributed by atoms with E-state index < -0.39 is 5.60 Å². The van der Waals surface area contributed by atoms with Gasteiger partial charge in [-0.2, -0.15) is 5.10 Å². The maximum atomic E-state index is 12.0. The van der Waals surface area contributed by atoms with Gasteiger partial charge in [0, 0.05) is 31.7 Å². The van der Waals surface area contributed by atoms with Crippen LogP contribution in [0.15, 0.2) is 0 Å². The Morgan fingerprint density at radius 3 is 2.74 bits per heavy atom. The number of aromatic amines is 1. The van der Waals surface area contributed by atoms with Crippen LogP contribution in [0, 0.1) is 0 Å². The molecule has 1 amide bonds. The molecule has 0 atom stereocenters. The average Bonchev–Trinajstić information content (AvgIpc) is 2.57. The number of carbonyl (C=O) groups is 1. The predicted octanol–water partition coefficient (Wildman–Crippen LogP) is 1.20. The Balaban J connectivity index is 2.03. The number of hydrogen-bond donors (Lipinski definition) is 2. The van der Waals surface area contributed by atoms with Gasteiger partial charge in [0.15, 0.2) is 0 Å². The summed E-state index contributed by atoms with van der Waals surface area (Å²) < 4.78 is 5.40. The molecule has 0 saturated carbocycles. The summed E-state index contributed by atoms with van der Waals surface area (Å²) >= 11 is 0. The number of hydrogen-bond acceptors (Lipinski definition) is 4. The molecule has 6 heteroatoms. The molecule has 2 rings (SSSR count). The topological polar surface area (TPSA) is 84.2 Å². The number of nitrogens with zero attached hydrogens (tertiary/aromatic N) is 2. The number of amides is 1. The maximum Gasteiger partial charge on any atom is 0.410 e. The van der Waals surface area contributed by atoms with Crippen LogP contribution in [-0.4, -0.2) is 39.9 Å². The lowest BCUT2D eigenvalue weighted by Gasteiger charge is -2.26. The third kappa shape index (κ3) is 3.26. The second kappa shape index (κ2) is 5.21. The van der Waals surface area contributed by atoms with E-state index in [0.717, 1.165) is 29.8 Å². The molecule has 1 aromatic heterocycles. The van der Waals surface area contributed by atoms with E-state index in [4.69, 9.17) is 10.5 Å². The molecule has 0 unspecified atom stereocenters. The van der Waals surface area contributed by atoms with Crippen molar-refractivity contribution in [3.05, 3.63) is 17.0 Å². The normalized spacial score (nSPS) is 15.9. The van der Waals surface area contributed by atoms with E-state index in [1.165, 1.54) is 0 Å². The zero-order valence-corrected chi connectivity index (χ0v) is 11.8. The molecule has 19 heavy (non-hydrogen) atoms. The van der Waals surface area contributed by atoms with Gasteiger partial charge in [-0.25, -0.2) is 4.79 Å². The highest BCUT2D eigenvalue weighted by atomic mass is 16.6. The molecule has 0 radical (unpaired) electrons. The lowest BCUT2D eigenvalue weighted by atomic mass is 10.1. The van der Waals surface area contributed by atoms with Crippen LogP contribution in [-0.2, 0) is 24.1 Å². The first kappa shape index (κ1) is 13.9. The summed E-state index contributed by atoms with van der Waals surface area (Å²) in [6, 6.07) is 0. The van der Waals surface area contributed by atoms with Crippen molar-refractivity contribution in [3.8, 4) is 0 Å². The fourth-order valence-electron chi connectivity index (χ4n) is 2.23. The van der Waals surface area contributed by atoms with Crippen LogP contribution in [0.2, 0.25) is 0 Å². The minimum atomic E-state index is -0.457. The molecule has 2 heterocycles. The van der Waals surface area contributed by atoms with Crippen molar-refractivity contribution in [3.63, 3.8) is 0 Å². The van der Waals surface area contributed by atoms with E-state index in [9.17, 15) is 4.79 Å². The fourth-order valence-corrected chi connectivity index (χ4v) is 2.23. The second-order valence-electron chi connectivity index (χ2n) is 5.80. The maximum absolute atomic E-state index is 12.0. The van der Waals surface area contributed by atoms with E-state index in [0.29, 0.717) is 19.6 Å². The minimum absolute atomic E-state index is 0.250. The van der Waals surface area contributed by atoms with E-state index in [-0.39, 0.29) is 6.09 Å². The van der Waals surface area contributed by atoms with E-state index in [2.05, 4.69) is 10.2 Å². The molecule has 1 aliphatic rings. The quantitative estimate of drug-likeness (QED) is 0.800. The summed E-state index contributed by atoms with van der Waals surface area (Å²) in [5.41, 5.74) is 8.36. The van der Waals surface area contributed by atoms with Gasteiger partial charge in [0.25, 0.3) is 0 Å². The zero-order valence-electron chi connectivity index (χ0n) is 11.8. The molecule has 106 valence electrons. The monoisotopic (exact) mass is 266 g/mol. The van der Waals surface area contributed by atoms with E-state index in [1.54, 1.807) is 4.90 Å². The smallest absolute Gasteiger partial charge is 0.410 e. The van der Waals surface area contributed by atoms with Crippen LogP contribution in [0.3, 0.4) is 0 Å². The van der Waals surface area contributed by atoms with E-state index >= 15 is 0 Å². The number of carbonyl (C=O) groups excluding carboxylic acids is 1. The first-order chi connectivity index (χ1) is 8.90. The Bertz CT molecular complexity index is 462. The molecule has 0 aliphatic carbocycles. The largest absolute Gasteiger partial charge is 0.444 e. The van der Waals surface area contributed by atoms with Crippen molar-refractivity contribution in [1.82, 2.24) is 15.1 Å². The SMILES string of the molecule is CC(C)(C)OC(=O)N1CCc2[nH]nc(CN)c2CC1. The lowest BCUT2D eigenvalue weighted by molar-refractivity contribution is 0.0258. The Morgan fingerprint density at radius 1 is 1.42 bits per heavy atom. The summed E-state index contributed by atoms with van der Waals surface area (Å²) in [6.07, 6.45) is 1.29. The Kier molecular flexibility index (Phi) is 3.80. The molecule has 1 aromatic rings. The van der Waals surface area contributed by atoms with Gasteiger partial charge in [-0.15, -0.1) is 0 Å². The fraction of sp³-hybridized carbons (Fsp3) is 0.692. The molecule has 0 saturated heterocycles. The Hall–Kier alpha value is -1.56. The number of aromatic nitrogens is 2. The van der Waals surface area contributed by atoms with Gasteiger partial charge in [0.1, 0.15) is 5.60 Å². The minimum Gasteiger partial charge on any atom is -0.444 e. The first-order valence-corrected chi connectivity index (χ1v) is 6.63. The van der Waals surface area contributed by atoms with Crippen LogP contribution in [0.1, 0.15) is 37.7 Å². The van der Waals surface area contributed by atoms with Gasteiger partial charge in [-0.05, 0) is 32.8 Å². The van der Waals surface area contributed by atoms with Crippen molar-refractivity contribution in [1.29, 1.82) is 0 Å². The number of rotatable bonds is 1. The van der Waals surface area contributed by atoms with Gasteiger partial charge in [-0.1, -0.05) is 0 Å². The summed E-state index contributed by atoms with van der Waals surface area (Å²) in [4.78, 5) is 13.8. The summed E-state index contributed by atoms with van der Waals surface area (Å²) in [7, 11) is 0. The van der Waals surface area contributed by atoms with Crippen LogP contribution < -0.4 is 5.73 Å². The number of nitrogens with one attached hydrogen (secondary N) is 1. The molecule has 0 fully saturated rings. The first-order valence-electron chi connectivity index (χ1n) is 6.63. The summed E-state index contributed by atoms with van der Waals surface area (Å²) in [5, 5.41) is 7.22. The standard InChI is InChI=1S/C13H22N4O2/c1-13(2,3)19-12(18)17-6-4-9-10(5-7-17)15-16-11(9)8-14/h4-8,14H2,1-3H3,(H,15,16). The van der Waals surface area contributed by atoms with Crippen molar-refractivity contribution >= 4 is 6.09 Å². The number of ether oxygens (including phenoxy) is 1.